The lowest BCUT2D eigenvalue weighted by Crippen LogP contribution is -2.39. The summed E-state index contributed by atoms with van der Waals surface area (Å²) in [6.07, 6.45) is 2.36. The number of hydrogen-bond acceptors (Lipinski definition) is 4. The molecule has 0 amide bonds. The van der Waals surface area contributed by atoms with Gasteiger partial charge in [-0.15, -0.1) is 0 Å². The largest absolute Gasteiger partial charge is 0.494 e. The van der Waals surface area contributed by atoms with Gasteiger partial charge in [0.05, 0.1) is 23.2 Å². The Balaban J connectivity index is 1.38. The molecule has 1 aliphatic rings. The van der Waals surface area contributed by atoms with Crippen molar-refractivity contribution in [2.75, 3.05) is 26.2 Å². The van der Waals surface area contributed by atoms with Gasteiger partial charge in [-0.3, -0.25) is 9.36 Å². The van der Waals surface area contributed by atoms with Gasteiger partial charge in [-0.1, -0.05) is 26.0 Å². The summed E-state index contributed by atoms with van der Waals surface area (Å²) >= 11 is 0. The van der Waals surface area contributed by atoms with Crippen LogP contribution < -0.4 is 10.3 Å². The highest BCUT2D eigenvalue weighted by atomic mass is 16.5. The molecule has 30 heavy (non-hydrogen) atoms. The fourth-order valence-electron chi connectivity index (χ4n) is 4.69. The highest BCUT2D eigenvalue weighted by molar-refractivity contribution is 5.77. The van der Waals surface area contributed by atoms with Gasteiger partial charge in [0.1, 0.15) is 11.6 Å². The van der Waals surface area contributed by atoms with Crippen LogP contribution in [-0.2, 0) is 0 Å². The Morgan fingerprint density at radius 3 is 2.47 bits per heavy atom. The molecule has 3 aromatic rings. The predicted octanol–water partition coefficient (Wildman–Crippen LogP) is 4.44. The number of nitrogens with zero attached hydrogens (tertiary/aromatic N) is 3. The molecule has 0 bridgehead atoms. The van der Waals surface area contributed by atoms with Gasteiger partial charge >= 0.3 is 0 Å². The van der Waals surface area contributed by atoms with Crippen LogP contribution in [0, 0.1) is 18.8 Å². The molecule has 0 spiro atoms. The van der Waals surface area contributed by atoms with E-state index in [0.717, 1.165) is 41.8 Å². The average molecular weight is 406 g/mol. The summed E-state index contributed by atoms with van der Waals surface area (Å²) in [5, 5.41) is 0.629. The lowest BCUT2D eigenvalue weighted by molar-refractivity contribution is 0.132. The van der Waals surface area contributed by atoms with Crippen LogP contribution in [-0.4, -0.2) is 40.7 Å². The third-order valence-corrected chi connectivity index (χ3v) is 5.87. The standard InChI is InChI=1S/C25H31N3O2/c1-18-15-19(2)17-27(16-18)13-6-14-30-22-11-9-21(10-12-22)28-20(3)26-24-8-5-4-7-23(24)25(28)29/h4-5,7-12,18-19H,6,13-17H2,1-3H3/t18-,19+. The first kappa shape index (κ1) is 20.6. The Kier molecular flexibility index (Phi) is 6.18. The summed E-state index contributed by atoms with van der Waals surface area (Å²) < 4.78 is 7.60. The Morgan fingerprint density at radius 2 is 1.73 bits per heavy atom. The normalized spacial score (nSPS) is 19.8. The Bertz CT molecular complexity index is 1050. The second-order valence-electron chi connectivity index (χ2n) is 8.72. The zero-order chi connectivity index (χ0) is 21.1. The second-order valence-corrected chi connectivity index (χ2v) is 8.72. The number of likely N-dealkylation sites (tertiary alicyclic amines) is 1. The zero-order valence-electron chi connectivity index (χ0n) is 18.2. The number of ether oxygens (including phenoxy) is 1. The van der Waals surface area contributed by atoms with Gasteiger partial charge in [-0.05, 0) is 68.0 Å². The fourth-order valence-corrected chi connectivity index (χ4v) is 4.69. The average Bonchev–Trinajstić information content (AvgIpc) is 2.71. The fraction of sp³-hybridized carbons (Fsp3) is 0.440. The van der Waals surface area contributed by atoms with Gasteiger partial charge < -0.3 is 9.64 Å². The van der Waals surface area contributed by atoms with E-state index >= 15 is 0 Å². The van der Waals surface area contributed by atoms with Crippen LogP contribution in [0.25, 0.3) is 16.6 Å². The summed E-state index contributed by atoms with van der Waals surface area (Å²) in [6, 6.07) is 15.2. The van der Waals surface area contributed by atoms with Gasteiger partial charge in [-0.2, -0.15) is 0 Å². The SMILES string of the molecule is Cc1nc2ccccc2c(=O)n1-c1ccc(OCCCN2C[C@H](C)C[C@H](C)C2)cc1. The Hall–Kier alpha value is -2.66. The van der Waals surface area contributed by atoms with Crippen LogP contribution in [0.5, 0.6) is 5.75 Å². The number of rotatable bonds is 6. The summed E-state index contributed by atoms with van der Waals surface area (Å²) in [4.78, 5) is 20.1. The second kappa shape index (κ2) is 9.00. The maximum absolute atomic E-state index is 12.9. The van der Waals surface area contributed by atoms with Crippen molar-refractivity contribution in [3.63, 3.8) is 0 Å². The van der Waals surface area contributed by atoms with Gasteiger partial charge in [-0.25, -0.2) is 4.98 Å². The number of fused-ring (bicyclic) bond motifs is 1. The van der Waals surface area contributed by atoms with Crippen LogP contribution in [0.4, 0.5) is 0 Å². The number of aromatic nitrogens is 2. The molecular formula is C25H31N3O2. The number of hydrogen-bond donors (Lipinski definition) is 0. The molecule has 1 aliphatic heterocycles. The van der Waals surface area contributed by atoms with E-state index in [2.05, 4.69) is 23.7 Å². The zero-order valence-corrected chi connectivity index (χ0v) is 18.2. The molecule has 0 N–H and O–H groups in total. The molecule has 4 rings (SSSR count). The minimum Gasteiger partial charge on any atom is -0.494 e. The van der Waals surface area contributed by atoms with Crippen LogP contribution in [0.15, 0.2) is 53.3 Å². The van der Waals surface area contributed by atoms with E-state index in [4.69, 9.17) is 4.74 Å². The molecule has 0 radical (unpaired) electrons. The third-order valence-electron chi connectivity index (χ3n) is 5.87. The smallest absolute Gasteiger partial charge is 0.265 e. The van der Waals surface area contributed by atoms with E-state index in [1.54, 1.807) is 4.57 Å². The quantitative estimate of drug-likeness (QED) is 0.569. The van der Waals surface area contributed by atoms with E-state index in [9.17, 15) is 4.79 Å². The molecule has 0 unspecified atom stereocenters. The van der Waals surface area contributed by atoms with Gasteiger partial charge in [0, 0.05) is 19.6 Å². The number of piperidine rings is 1. The molecular weight excluding hydrogens is 374 g/mol. The van der Waals surface area contributed by atoms with E-state index in [0.29, 0.717) is 17.8 Å². The van der Waals surface area contributed by atoms with Crippen molar-refractivity contribution in [3.8, 4) is 11.4 Å². The van der Waals surface area contributed by atoms with Crippen molar-refractivity contribution in [3.05, 3.63) is 64.7 Å². The van der Waals surface area contributed by atoms with Crippen LogP contribution in [0.3, 0.4) is 0 Å². The minimum atomic E-state index is -0.0447. The van der Waals surface area contributed by atoms with E-state index in [1.165, 1.54) is 19.5 Å². The van der Waals surface area contributed by atoms with Crippen LogP contribution in [0.1, 0.15) is 32.5 Å². The number of benzene rings is 2. The lowest BCUT2D eigenvalue weighted by Gasteiger charge is -2.34. The van der Waals surface area contributed by atoms with Crippen molar-refractivity contribution in [2.45, 2.75) is 33.6 Å². The molecule has 0 aliphatic carbocycles. The molecule has 2 aromatic carbocycles. The first-order valence-corrected chi connectivity index (χ1v) is 11.0. The van der Waals surface area contributed by atoms with Gasteiger partial charge in [0.25, 0.3) is 5.56 Å². The van der Waals surface area contributed by atoms with E-state index in [-0.39, 0.29) is 5.56 Å². The number of para-hydroxylation sites is 1. The monoisotopic (exact) mass is 405 g/mol. The molecule has 2 heterocycles. The first-order valence-electron chi connectivity index (χ1n) is 11.0. The van der Waals surface area contributed by atoms with E-state index < -0.39 is 0 Å². The molecule has 5 heteroatoms. The number of aryl methyl sites for hydroxylation is 1. The van der Waals surface area contributed by atoms with Crippen LogP contribution >= 0.6 is 0 Å². The summed E-state index contributed by atoms with van der Waals surface area (Å²) in [6.45, 7) is 10.7. The summed E-state index contributed by atoms with van der Waals surface area (Å²) in [7, 11) is 0. The molecule has 0 saturated carbocycles. The molecule has 1 saturated heterocycles. The molecule has 158 valence electrons. The summed E-state index contributed by atoms with van der Waals surface area (Å²) in [5.74, 6) is 3.09. The minimum absolute atomic E-state index is 0.0447. The van der Waals surface area contributed by atoms with Crippen molar-refractivity contribution in [1.29, 1.82) is 0 Å². The molecule has 5 nitrogen and oxygen atoms in total. The maximum Gasteiger partial charge on any atom is 0.265 e. The Morgan fingerprint density at radius 1 is 1.03 bits per heavy atom. The molecule has 1 fully saturated rings. The lowest BCUT2D eigenvalue weighted by atomic mass is 9.92. The topological polar surface area (TPSA) is 47.4 Å². The highest BCUT2D eigenvalue weighted by Gasteiger charge is 2.21. The first-order chi connectivity index (χ1) is 14.5. The van der Waals surface area contributed by atoms with Crippen molar-refractivity contribution < 1.29 is 4.74 Å². The predicted molar refractivity (Wildman–Crippen MR) is 122 cm³/mol. The summed E-state index contributed by atoms with van der Waals surface area (Å²) in [5.41, 5.74) is 1.49. The van der Waals surface area contributed by atoms with Crippen molar-refractivity contribution >= 4 is 10.9 Å². The molecule has 2 atom stereocenters. The van der Waals surface area contributed by atoms with E-state index in [1.807, 2.05) is 55.5 Å². The molecule has 1 aromatic heterocycles. The van der Waals surface area contributed by atoms with Crippen molar-refractivity contribution in [1.82, 2.24) is 14.5 Å². The van der Waals surface area contributed by atoms with Gasteiger partial charge in [0.2, 0.25) is 0 Å². The van der Waals surface area contributed by atoms with Gasteiger partial charge in [0.15, 0.2) is 0 Å². The van der Waals surface area contributed by atoms with Crippen LogP contribution in [0.2, 0.25) is 0 Å². The third kappa shape index (κ3) is 4.57. The van der Waals surface area contributed by atoms with Crippen molar-refractivity contribution in [2.24, 2.45) is 11.8 Å². The highest BCUT2D eigenvalue weighted by Crippen LogP contribution is 2.21. The maximum atomic E-state index is 12.9. The Labute approximate surface area is 178 Å².